The lowest BCUT2D eigenvalue weighted by Gasteiger charge is -2.14. The van der Waals surface area contributed by atoms with E-state index in [1.807, 2.05) is 35.2 Å². The van der Waals surface area contributed by atoms with Crippen LogP contribution in [0.5, 0.6) is 0 Å². The molecule has 0 spiro atoms. The Bertz CT molecular complexity index is 479. The van der Waals surface area contributed by atoms with Gasteiger partial charge in [0.1, 0.15) is 6.04 Å². The normalized spacial score (nSPS) is 12.4. The molecule has 1 aromatic carbocycles. The fourth-order valence-corrected chi connectivity index (χ4v) is 1.79. The SMILES string of the molecule is CCN(CC)c1noc([C@@H](N)c2ccccc2)n1. The van der Waals surface area contributed by atoms with Gasteiger partial charge in [-0.15, -0.1) is 0 Å². The largest absolute Gasteiger partial charge is 0.339 e. The van der Waals surface area contributed by atoms with Gasteiger partial charge in [0, 0.05) is 13.1 Å². The standard InChI is InChI=1S/C13H18N4O/c1-3-17(4-2)13-15-12(18-16-13)11(14)10-8-6-5-7-9-10/h5-9,11H,3-4,14H2,1-2H3/t11-/m0/s1. The van der Waals surface area contributed by atoms with Crippen molar-refractivity contribution in [2.24, 2.45) is 5.73 Å². The Morgan fingerprint density at radius 3 is 2.50 bits per heavy atom. The molecule has 0 unspecified atom stereocenters. The summed E-state index contributed by atoms with van der Waals surface area (Å²) in [5, 5.41) is 3.96. The quantitative estimate of drug-likeness (QED) is 0.873. The van der Waals surface area contributed by atoms with Gasteiger partial charge in [0.15, 0.2) is 0 Å². The average Bonchev–Trinajstić information content (AvgIpc) is 2.90. The van der Waals surface area contributed by atoms with Crippen LogP contribution in [0.15, 0.2) is 34.9 Å². The Balaban J connectivity index is 2.20. The minimum atomic E-state index is -0.372. The van der Waals surface area contributed by atoms with Gasteiger partial charge < -0.3 is 15.2 Å². The zero-order valence-electron chi connectivity index (χ0n) is 10.7. The third-order valence-electron chi connectivity index (χ3n) is 2.90. The van der Waals surface area contributed by atoms with Gasteiger partial charge in [0.05, 0.1) is 0 Å². The number of hydrogen-bond acceptors (Lipinski definition) is 5. The summed E-state index contributed by atoms with van der Waals surface area (Å²) in [6.45, 7) is 5.79. The number of anilines is 1. The Labute approximate surface area is 107 Å². The van der Waals surface area contributed by atoms with Gasteiger partial charge in [-0.05, 0) is 24.6 Å². The molecule has 0 saturated heterocycles. The molecule has 2 rings (SSSR count). The monoisotopic (exact) mass is 246 g/mol. The molecule has 0 saturated carbocycles. The molecule has 0 aliphatic heterocycles. The molecule has 0 fully saturated rings. The second-order valence-electron chi connectivity index (χ2n) is 3.99. The summed E-state index contributed by atoms with van der Waals surface area (Å²) in [5.41, 5.74) is 7.06. The highest BCUT2D eigenvalue weighted by molar-refractivity contribution is 5.30. The Morgan fingerprint density at radius 1 is 1.22 bits per heavy atom. The van der Waals surface area contributed by atoms with Gasteiger partial charge in [0.25, 0.3) is 5.95 Å². The van der Waals surface area contributed by atoms with E-state index in [1.165, 1.54) is 0 Å². The van der Waals surface area contributed by atoms with Crippen molar-refractivity contribution >= 4 is 5.95 Å². The molecule has 2 N–H and O–H groups in total. The Kier molecular flexibility index (Phi) is 3.94. The molecule has 18 heavy (non-hydrogen) atoms. The van der Waals surface area contributed by atoms with E-state index in [1.54, 1.807) is 0 Å². The fraction of sp³-hybridized carbons (Fsp3) is 0.385. The maximum absolute atomic E-state index is 6.10. The number of benzene rings is 1. The zero-order valence-corrected chi connectivity index (χ0v) is 10.7. The molecule has 5 nitrogen and oxygen atoms in total. The van der Waals surface area contributed by atoms with Crippen molar-refractivity contribution in [2.45, 2.75) is 19.9 Å². The summed E-state index contributed by atoms with van der Waals surface area (Å²) in [5.74, 6) is 1.05. The lowest BCUT2D eigenvalue weighted by Crippen LogP contribution is -2.23. The number of nitrogens with two attached hydrogens (primary N) is 1. The van der Waals surface area contributed by atoms with E-state index in [4.69, 9.17) is 10.3 Å². The first-order valence-electron chi connectivity index (χ1n) is 6.15. The van der Waals surface area contributed by atoms with Gasteiger partial charge in [0.2, 0.25) is 5.89 Å². The summed E-state index contributed by atoms with van der Waals surface area (Å²) >= 11 is 0. The number of aromatic nitrogens is 2. The molecule has 1 aromatic heterocycles. The van der Waals surface area contributed by atoms with Gasteiger partial charge in [-0.3, -0.25) is 0 Å². The first kappa shape index (κ1) is 12.6. The number of rotatable bonds is 5. The minimum Gasteiger partial charge on any atom is -0.339 e. The van der Waals surface area contributed by atoms with Crippen molar-refractivity contribution in [1.82, 2.24) is 10.1 Å². The molecule has 5 heteroatoms. The molecular weight excluding hydrogens is 228 g/mol. The van der Waals surface area contributed by atoms with E-state index in [0.29, 0.717) is 11.8 Å². The predicted molar refractivity (Wildman–Crippen MR) is 70.3 cm³/mol. The van der Waals surface area contributed by atoms with Crippen LogP contribution in [0.1, 0.15) is 31.3 Å². The van der Waals surface area contributed by atoms with Crippen LogP contribution in [0, 0.1) is 0 Å². The average molecular weight is 246 g/mol. The molecule has 0 bridgehead atoms. The minimum absolute atomic E-state index is 0.372. The third kappa shape index (κ3) is 2.51. The highest BCUT2D eigenvalue weighted by atomic mass is 16.5. The van der Waals surface area contributed by atoms with E-state index < -0.39 is 0 Å². The molecule has 0 aliphatic rings. The molecule has 0 radical (unpaired) electrons. The molecule has 1 heterocycles. The molecule has 96 valence electrons. The van der Waals surface area contributed by atoms with Gasteiger partial charge in [-0.2, -0.15) is 4.98 Å². The molecule has 0 amide bonds. The summed E-state index contributed by atoms with van der Waals surface area (Å²) < 4.78 is 5.24. The van der Waals surface area contributed by atoms with Gasteiger partial charge in [-0.25, -0.2) is 0 Å². The fourth-order valence-electron chi connectivity index (χ4n) is 1.79. The van der Waals surface area contributed by atoms with Crippen molar-refractivity contribution < 1.29 is 4.52 Å². The van der Waals surface area contributed by atoms with Crippen molar-refractivity contribution in [1.29, 1.82) is 0 Å². The van der Waals surface area contributed by atoms with E-state index in [2.05, 4.69) is 24.0 Å². The van der Waals surface area contributed by atoms with Crippen LogP contribution >= 0.6 is 0 Å². The number of hydrogen-bond donors (Lipinski definition) is 1. The van der Waals surface area contributed by atoms with Crippen molar-refractivity contribution in [2.75, 3.05) is 18.0 Å². The molecule has 0 aliphatic carbocycles. The predicted octanol–water partition coefficient (Wildman–Crippen LogP) is 1.96. The Hall–Kier alpha value is -1.88. The maximum Gasteiger partial charge on any atom is 0.266 e. The first-order chi connectivity index (χ1) is 8.76. The second kappa shape index (κ2) is 5.64. The van der Waals surface area contributed by atoms with Gasteiger partial charge >= 0.3 is 0 Å². The summed E-state index contributed by atoms with van der Waals surface area (Å²) in [6.07, 6.45) is 0. The van der Waals surface area contributed by atoms with E-state index in [9.17, 15) is 0 Å². The highest BCUT2D eigenvalue weighted by Gasteiger charge is 2.18. The van der Waals surface area contributed by atoms with Crippen LogP contribution in [-0.4, -0.2) is 23.2 Å². The van der Waals surface area contributed by atoms with E-state index >= 15 is 0 Å². The number of nitrogens with zero attached hydrogens (tertiary/aromatic N) is 3. The molecule has 1 atom stereocenters. The lowest BCUT2D eigenvalue weighted by atomic mass is 10.1. The summed E-state index contributed by atoms with van der Waals surface area (Å²) in [7, 11) is 0. The van der Waals surface area contributed by atoms with Crippen LogP contribution < -0.4 is 10.6 Å². The third-order valence-corrected chi connectivity index (χ3v) is 2.90. The van der Waals surface area contributed by atoms with Crippen LogP contribution in [0.25, 0.3) is 0 Å². The van der Waals surface area contributed by atoms with Gasteiger partial charge in [-0.1, -0.05) is 30.3 Å². The first-order valence-corrected chi connectivity index (χ1v) is 6.15. The topological polar surface area (TPSA) is 68.2 Å². The van der Waals surface area contributed by atoms with Crippen molar-refractivity contribution in [3.05, 3.63) is 41.8 Å². The lowest BCUT2D eigenvalue weighted by molar-refractivity contribution is 0.366. The van der Waals surface area contributed by atoms with Crippen molar-refractivity contribution in [3.8, 4) is 0 Å². The molecular formula is C13H18N4O. The second-order valence-corrected chi connectivity index (χ2v) is 3.99. The van der Waals surface area contributed by atoms with Crippen LogP contribution in [0.4, 0.5) is 5.95 Å². The van der Waals surface area contributed by atoms with Crippen molar-refractivity contribution in [3.63, 3.8) is 0 Å². The molecule has 2 aromatic rings. The maximum atomic E-state index is 6.10. The smallest absolute Gasteiger partial charge is 0.266 e. The highest BCUT2D eigenvalue weighted by Crippen LogP contribution is 2.19. The van der Waals surface area contributed by atoms with Crippen LogP contribution in [0.3, 0.4) is 0 Å². The Morgan fingerprint density at radius 2 is 1.89 bits per heavy atom. The summed E-state index contributed by atoms with van der Waals surface area (Å²) in [4.78, 5) is 6.37. The zero-order chi connectivity index (χ0) is 13.0. The van der Waals surface area contributed by atoms with E-state index in [0.717, 1.165) is 18.7 Å². The van der Waals surface area contributed by atoms with E-state index in [-0.39, 0.29) is 6.04 Å². The summed E-state index contributed by atoms with van der Waals surface area (Å²) in [6, 6.07) is 9.36. The van der Waals surface area contributed by atoms with Crippen LogP contribution in [0.2, 0.25) is 0 Å². The van der Waals surface area contributed by atoms with Crippen LogP contribution in [-0.2, 0) is 0 Å².